The fourth-order valence-electron chi connectivity index (χ4n) is 3.43. The molecule has 0 heterocycles. The normalized spacial score (nSPS) is 15.1. The highest BCUT2D eigenvalue weighted by molar-refractivity contribution is 5.94. The Morgan fingerprint density at radius 1 is 0.963 bits per heavy atom. The van der Waals surface area contributed by atoms with Crippen LogP contribution in [-0.2, 0) is 9.59 Å². The summed E-state index contributed by atoms with van der Waals surface area (Å²) in [6.07, 6.45) is 4.08. The van der Waals surface area contributed by atoms with E-state index in [-0.39, 0.29) is 30.3 Å². The van der Waals surface area contributed by atoms with Gasteiger partial charge in [-0.05, 0) is 49.6 Å². The lowest BCUT2D eigenvalue weighted by Crippen LogP contribution is -2.36. The molecule has 0 spiro atoms. The zero-order valence-corrected chi connectivity index (χ0v) is 15.7. The van der Waals surface area contributed by atoms with Gasteiger partial charge in [0.15, 0.2) is 0 Å². The van der Waals surface area contributed by atoms with Crippen molar-refractivity contribution in [3.8, 4) is 0 Å². The SMILES string of the molecule is C[C@@H](Nc1ccc(NC(=O)CNC(=O)C2CCCC2)cc1)c1ccccc1. The lowest BCUT2D eigenvalue weighted by atomic mass is 10.1. The van der Waals surface area contributed by atoms with E-state index in [1.165, 1.54) is 5.56 Å². The number of amides is 2. The summed E-state index contributed by atoms with van der Waals surface area (Å²) in [6, 6.07) is 18.0. The van der Waals surface area contributed by atoms with Crippen LogP contribution < -0.4 is 16.0 Å². The fraction of sp³-hybridized carbons (Fsp3) is 0.364. The van der Waals surface area contributed by atoms with Crippen molar-refractivity contribution in [2.24, 2.45) is 5.92 Å². The van der Waals surface area contributed by atoms with Crippen LogP contribution in [0.5, 0.6) is 0 Å². The van der Waals surface area contributed by atoms with Crippen molar-refractivity contribution in [2.75, 3.05) is 17.2 Å². The molecule has 1 aliphatic rings. The van der Waals surface area contributed by atoms with Crippen molar-refractivity contribution in [2.45, 2.75) is 38.6 Å². The van der Waals surface area contributed by atoms with Gasteiger partial charge in [-0.2, -0.15) is 0 Å². The molecule has 0 aliphatic heterocycles. The van der Waals surface area contributed by atoms with Gasteiger partial charge in [0.05, 0.1) is 6.54 Å². The molecule has 1 aliphatic carbocycles. The molecule has 1 saturated carbocycles. The summed E-state index contributed by atoms with van der Waals surface area (Å²) >= 11 is 0. The predicted molar refractivity (Wildman–Crippen MR) is 109 cm³/mol. The smallest absolute Gasteiger partial charge is 0.243 e. The molecule has 2 amide bonds. The fourth-order valence-corrected chi connectivity index (χ4v) is 3.43. The lowest BCUT2D eigenvalue weighted by molar-refractivity contribution is -0.127. The van der Waals surface area contributed by atoms with Crippen LogP contribution in [-0.4, -0.2) is 18.4 Å². The van der Waals surface area contributed by atoms with Crippen molar-refractivity contribution < 1.29 is 9.59 Å². The first kappa shape index (κ1) is 19.0. The van der Waals surface area contributed by atoms with Crippen LogP contribution in [0.4, 0.5) is 11.4 Å². The second-order valence-electron chi connectivity index (χ2n) is 7.10. The van der Waals surface area contributed by atoms with Crippen molar-refractivity contribution in [1.29, 1.82) is 0 Å². The van der Waals surface area contributed by atoms with E-state index in [2.05, 4.69) is 35.0 Å². The molecule has 27 heavy (non-hydrogen) atoms. The third kappa shape index (κ3) is 5.58. The Labute approximate surface area is 160 Å². The molecular weight excluding hydrogens is 338 g/mol. The van der Waals surface area contributed by atoms with Crippen molar-refractivity contribution in [1.82, 2.24) is 5.32 Å². The Morgan fingerprint density at radius 3 is 2.26 bits per heavy atom. The topological polar surface area (TPSA) is 70.2 Å². The average Bonchev–Trinajstić information content (AvgIpc) is 3.23. The molecule has 1 fully saturated rings. The number of rotatable bonds is 7. The van der Waals surface area contributed by atoms with E-state index in [1.807, 2.05) is 42.5 Å². The van der Waals surface area contributed by atoms with Gasteiger partial charge in [-0.3, -0.25) is 9.59 Å². The molecule has 0 unspecified atom stereocenters. The van der Waals surface area contributed by atoms with Crippen molar-refractivity contribution in [3.05, 3.63) is 60.2 Å². The number of carbonyl (C=O) groups excluding carboxylic acids is 2. The second-order valence-corrected chi connectivity index (χ2v) is 7.10. The Morgan fingerprint density at radius 2 is 1.59 bits per heavy atom. The van der Waals surface area contributed by atoms with Gasteiger partial charge < -0.3 is 16.0 Å². The van der Waals surface area contributed by atoms with Gasteiger partial charge in [0.2, 0.25) is 11.8 Å². The number of benzene rings is 2. The third-order valence-corrected chi connectivity index (χ3v) is 5.00. The molecule has 3 rings (SSSR count). The predicted octanol–water partition coefficient (Wildman–Crippen LogP) is 4.10. The molecule has 0 radical (unpaired) electrons. The lowest BCUT2D eigenvalue weighted by Gasteiger charge is -2.16. The molecule has 3 N–H and O–H groups in total. The van der Waals surface area contributed by atoms with E-state index < -0.39 is 0 Å². The monoisotopic (exact) mass is 365 g/mol. The zero-order chi connectivity index (χ0) is 19.1. The summed E-state index contributed by atoms with van der Waals surface area (Å²) in [7, 11) is 0. The van der Waals surface area contributed by atoms with Gasteiger partial charge >= 0.3 is 0 Å². The van der Waals surface area contributed by atoms with Crippen LogP contribution in [0, 0.1) is 5.92 Å². The summed E-state index contributed by atoms with van der Waals surface area (Å²) in [5.41, 5.74) is 2.92. The number of hydrogen-bond acceptors (Lipinski definition) is 3. The number of nitrogens with one attached hydrogen (secondary N) is 3. The number of carbonyl (C=O) groups is 2. The van der Waals surface area contributed by atoms with Crippen LogP contribution >= 0.6 is 0 Å². The first-order valence-corrected chi connectivity index (χ1v) is 9.61. The highest BCUT2D eigenvalue weighted by Gasteiger charge is 2.22. The summed E-state index contributed by atoms with van der Waals surface area (Å²) in [5.74, 6) is -0.133. The maximum atomic E-state index is 12.0. The maximum Gasteiger partial charge on any atom is 0.243 e. The molecule has 0 bridgehead atoms. The van der Waals surface area contributed by atoms with Crippen LogP contribution in [0.3, 0.4) is 0 Å². The molecule has 142 valence electrons. The number of anilines is 2. The van der Waals surface area contributed by atoms with E-state index in [0.29, 0.717) is 5.69 Å². The van der Waals surface area contributed by atoms with Gasteiger partial charge in [-0.1, -0.05) is 43.2 Å². The highest BCUT2D eigenvalue weighted by Crippen LogP contribution is 2.24. The van der Waals surface area contributed by atoms with Gasteiger partial charge in [0.25, 0.3) is 0 Å². The zero-order valence-electron chi connectivity index (χ0n) is 15.7. The van der Waals surface area contributed by atoms with Crippen molar-refractivity contribution >= 4 is 23.2 Å². The first-order chi connectivity index (χ1) is 13.1. The van der Waals surface area contributed by atoms with E-state index >= 15 is 0 Å². The molecule has 2 aromatic carbocycles. The third-order valence-electron chi connectivity index (χ3n) is 5.00. The van der Waals surface area contributed by atoms with E-state index in [0.717, 1.165) is 31.4 Å². The summed E-state index contributed by atoms with van der Waals surface area (Å²) in [4.78, 5) is 24.0. The molecule has 0 saturated heterocycles. The van der Waals surface area contributed by atoms with Crippen LogP contribution in [0.1, 0.15) is 44.2 Å². The van der Waals surface area contributed by atoms with Crippen LogP contribution in [0.2, 0.25) is 0 Å². The molecular formula is C22H27N3O2. The van der Waals surface area contributed by atoms with E-state index in [4.69, 9.17) is 0 Å². The van der Waals surface area contributed by atoms with Crippen LogP contribution in [0.15, 0.2) is 54.6 Å². The minimum Gasteiger partial charge on any atom is -0.379 e. The second kappa shape index (κ2) is 9.21. The first-order valence-electron chi connectivity index (χ1n) is 9.61. The van der Waals surface area contributed by atoms with E-state index in [9.17, 15) is 9.59 Å². The Kier molecular flexibility index (Phi) is 6.47. The van der Waals surface area contributed by atoms with Gasteiger partial charge in [0, 0.05) is 23.3 Å². The van der Waals surface area contributed by atoms with Gasteiger partial charge in [-0.15, -0.1) is 0 Å². The molecule has 2 aromatic rings. The van der Waals surface area contributed by atoms with Gasteiger partial charge in [-0.25, -0.2) is 0 Å². The Bertz CT molecular complexity index is 753. The summed E-state index contributed by atoms with van der Waals surface area (Å²) in [6.45, 7) is 2.12. The largest absolute Gasteiger partial charge is 0.379 e. The standard InChI is InChI=1S/C22H27N3O2/c1-16(17-7-3-2-4-8-17)24-19-11-13-20(14-12-19)25-21(26)15-23-22(27)18-9-5-6-10-18/h2-4,7-8,11-14,16,18,24H,5-6,9-10,15H2,1H3,(H,23,27)(H,25,26)/t16-/m1/s1. The molecule has 0 aromatic heterocycles. The minimum absolute atomic E-state index is 0.00269. The van der Waals surface area contributed by atoms with E-state index in [1.54, 1.807) is 0 Å². The van der Waals surface area contributed by atoms with Gasteiger partial charge in [0.1, 0.15) is 0 Å². The highest BCUT2D eigenvalue weighted by atomic mass is 16.2. The van der Waals surface area contributed by atoms with Crippen molar-refractivity contribution in [3.63, 3.8) is 0 Å². The minimum atomic E-state index is -0.209. The number of hydrogen-bond donors (Lipinski definition) is 3. The Hall–Kier alpha value is -2.82. The molecule has 1 atom stereocenters. The molecule has 5 heteroatoms. The molecule has 5 nitrogen and oxygen atoms in total. The summed E-state index contributed by atoms with van der Waals surface area (Å²) in [5, 5.41) is 9.00. The van der Waals surface area contributed by atoms with Crippen LogP contribution in [0.25, 0.3) is 0 Å². The summed E-state index contributed by atoms with van der Waals surface area (Å²) < 4.78 is 0. The average molecular weight is 365 g/mol. The quantitative estimate of drug-likeness (QED) is 0.692. The maximum absolute atomic E-state index is 12.0. The Balaban J connectivity index is 1.45.